The second-order valence-corrected chi connectivity index (χ2v) is 9.16. The van der Waals surface area contributed by atoms with Gasteiger partial charge in [-0.15, -0.1) is 0 Å². The Morgan fingerprint density at radius 3 is 2.44 bits per heavy atom. The Balaban J connectivity index is 1.30. The van der Waals surface area contributed by atoms with Crippen LogP contribution in [0.4, 0.5) is 0 Å². The van der Waals surface area contributed by atoms with Gasteiger partial charge >= 0.3 is 5.97 Å². The van der Waals surface area contributed by atoms with Gasteiger partial charge in [0.25, 0.3) is 0 Å². The first kappa shape index (κ1) is 19.5. The highest BCUT2D eigenvalue weighted by Crippen LogP contribution is 2.46. The number of rotatable bonds is 12. The maximum Gasteiger partial charge on any atom is 0.303 e. The molecule has 4 atom stereocenters. The van der Waals surface area contributed by atoms with Gasteiger partial charge in [0.2, 0.25) is 0 Å². The molecule has 2 bridgehead atoms. The Kier molecular flexibility index (Phi) is 7.93. The lowest BCUT2D eigenvalue weighted by molar-refractivity contribution is -0.137. The van der Waals surface area contributed by atoms with E-state index in [4.69, 9.17) is 14.6 Å². The van der Waals surface area contributed by atoms with Crippen molar-refractivity contribution in [2.24, 2.45) is 11.8 Å². The minimum absolute atomic E-state index is 0.309. The van der Waals surface area contributed by atoms with E-state index in [9.17, 15) is 4.79 Å². The number of fused-ring (bicyclic) bond motifs is 2. The number of ether oxygens (including phenoxy) is 2. The molecule has 1 aliphatic carbocycles. The van der Waals surface area contributed by atoms with Crippen LogP contribution in [0.3, 0.4) is 0 Å². The molecule has 0 aromatic rings. The van der Waals surface area contributed by atoms with Crippen LogP contribution < -0.4 is 0 Å². The zero-order valence-electron chi connectivity index (χ0n) is 15.4. The van der Waals surface area contributed by atoms with Crippen LogP contribution in [0.1, 0.15) is 70.6 Å². The molecule has 2 heterocycles. The summed E-state index contributed by atoms with van der Waals surface area (Å²) in [5.41, 5.74) is 0. The first-order valence-corrected chi connectivity index (χ1v) is 11.5. The summed E-state index contributed by atoms with van der Waals surface area (Å²) in [6.45, 7) is 0.917. The number of aliphatic carboxylic acids is 1. The standard InChI is InChI=1S/C20H34O4S/c21-20(22)7-3-4-13-25-14-11-17-16(18-8-9-19(17)24-18)10-12-23-15-5-1-2-6-15/h15-19H,1-14H2,(H,21,22). The molecule has 25 heavy (non-hydrogen) atoms. The molecule has 2 aliphatic heterocycles. The monoisotopic (exact) mass is 370 g/mol. The number of carboxylic acids is 1. The van der Waals surface area contributed by atoms with Crippen molar-refractivity contribution in [2.75, 3.05) is 18.1 Å². The number of carboxylic acid groups (broad SMARTS) is 1. The van der Waals surface area contributed by atoms with Crippen LogP contribution in [-0.2, 0) is 14.3 Å². The summed E-state index contributed by atoms with van der Waals surface area (Å²) in [6.07, 6.45) is 13.8. The highest BCUT2D eigenvalue weighted by molar-refractivity contribution is 7.99. The van der Waals surface area contributed by atoms with Gasteiger partial charge in [0.15, 0.2) is 0 Å². The predicted octanol–water partition coefficient (Wildman–Crippen LogP) is 4.51. The van der Waals surface area contributed by atoms with Crippen molar-refractivity contribution in [1.29, 1.82) is 0 Å². The topological polar surface area (TPSA) is 55.8 Å². The average molecular weight is 371 g/mol. The van der Waals surface area contributed by atoms with Gasteiger partial charge in [-0.3, -0.25) is 4.79 Å². The van der Waals surface area contributed by atoms with Gasteiger partial charge in [0.1, 0.15) is 0 Å². The lowest BCUT2D eigenvalue weighted by Gasteiger charge is -2.28. The van der Waals surface area contributed by atoms with E-state index in [1.807, 2.05) is 11.8 Å². The average Bonchev–Trinajstić information content (AvgIpc) is 3.31. The zero-order chi connectivity index (χ0) is 17.5. The van der Waals surface area contributed by atoms with E-state index >= 15 is 0 Å². The molecular formula is C20H34O4S. The third kappa shape index (κ3) is 5.86. The molecule has 144 valence electrons. The molecule has 0 radical (unpaired) electrons. The smallest absolute Gasteiger partial charge is 0.303 e. The molecule has 5 heteroatoms. The van der Waals surface area contributed by atoms with Gasteiger partial charge < -0.3 is 14.6 Å². The largest absolute Gasteiger partial charge is 0.481 e. The molecule has 4 unspecified atom stereocenters. The van der Waals surface area contributed by atoms with Crippen molar-refractivity contribution in [3.8, 4) is 0 Å². The number of carbonyl (C=O) groups is 1. The number of hydrogen-bond donors (Lipinski definition) is 1. The Bertz CT molecular complexity index is 411. The van der Waals surface area contributed by atoms with Crippen molar-refractivity contribution in [3.05, 3.63) is 0 Å². The van der Waals surface area contributed by atoms with Crippen molar-refractivity contribution in [3.63, 3.8) is 0 Å². The van der Waals surface area contributed by atoms with Gasteiger partial charge in [-0.2, -0.15) is 11.8 Å². The fourth-order valence-electron chi connectivity index (χ4n) is 4.90. The molecule has 3 rings (SSSR count). The summed E-state index contributed by atoms with van der Waals surface area (Å²) in [4.78, 5) is 10.5. The van der Waals surface area contributed by atoms with Crippen molar-refractivity contribution in [2.45, 2.75) is 88.9 Å². The van der Waals surface area contributed by atoms with E-state index in [0.717, 1.165) is 31.1 Å². The van der Waals surface area contributed by atoms with Crippen LogP contribution >= 0.6 is 11.8 Å². The van der Waals surface area contributed by atoms with Crippen LogP contribution in [-0.4, -0.2) is 47.5 Å². The van der Waals surface area contributed by atoms with E-state index in [-0.39, 0.29) is 0 Å². The van der Waals surface area contributed by atoms with Crippen LogP contribution in [0.5, 0.6) is 0 Å². The Morgan fingerprint density at radius 1 is 1.00 bits per heavy atom. The lowest BCUT2D eigenvalue weighted by atomic mass is 9.76. The van der Waals surface area contributed by atoms with Crippen LogP contribution in [0.15, 0.2) is 0 Å². The molecule has 1 saturated carbocycles. The first-order chi connectivity index (χ1) is 12.2. The third-order valence-corrected chi connectivity index (χ3v) is 7.32. The van der Waals surface area contributed by atoms with E-state index < -0.39 is 5.97 Å². The lowest BCUT2D eigenvalue weighted by Crippen LogP contribution is -2.29. The maximum absolute atomic E-state index is 10.5. The van der Waals surface area contributed by atoms with Crippen LogP contribution in [0.2, 0.25) is 0 Å². The fraction of sp³-hybridized carbons (Fsp3) is 0.950. The molecule has 2 saturated heterocycles. The highest BCUT2D eigenvalue weighted by atomic mass is 32.2. The van der Waals surface area contributed by atoms with Gasteiger partial charge in [0, 0.05) is 13.0 Å². The minimum Gasteiger partial charge on any atom is -0.481 e. The van der Waals surface area contributed by atoms with E-state index in [0.29, 0.717) is 30.7 Å². The van der Waals surface area contributed by atoms with Crippen molar-refractivity contribution in [1.82, 2.24) is 0 Å². The zero-order valence-corrected chi connectivity index (χ0v) is 16.2. The van der Waals surface area contributed by atoms with Crippen LogP contribution in [0, 0.1) is 11.8 Å². The van der Waals surface area contributed by atoms with Gasteiger partial charge in [-0.05, 0) is 74.7 Å². The molecule has 4 nitrogen and oxygen atoms in total. The maximum atomic E-state index is 10.5. The normalized spacial score (nSPS) is 31.8. The molecule has 3 fully saturated rings. The molecule has 0 amide bonds. The molecule has 3 aliphatic rings. The first-order valence-electron chi connectivity index (χ1n) is 10.3. The van der Waals surface area contributed by atoms with E-state index in [1.54, 1.807) is 0 Å². The van der Waals surface area contributed by atoms with E-state index in [2.05, 4.69) is 0 Å². The second kappa shape index (κ2) is 10.2. The van der Waals surface area contributed by atoms with Crippen molar-refractivity contribution < 1.29 is 19.4 Å². The minimum atomic E-state index is -0.674. The Morgan fingerprint density at radius 2 is 1.72 bits per heavy atom. The molecule has 0 aromatic carbocycles. The van der Waals surface area contributed by atoms with Gasteiger partial charge in [-0.25, -0.2) is 0 Å². The summed E-state index contributed by atoms with van der Waals surface area (Å²) in [7, 11) is 0. The molecule has 1 N–H and O–H groups in total. The van der Waals surface area contributed by atoms with Crippen molar-refractivity contribution >= 4 is 17.7 Å². The number of unbranched alkanes of at least 4 members (excludes halogenated alkanes) is 1. The summed E-state index contributed by atoms with van der Waals surface area (Å²) in [5.74, 6) is 3.02. The Hall–Kier alpha value is -0.260. The van der Waals surface area contributed by atoms with Gasteiger partial charge in [0.05, 0.1) is 18.3 Å². The van der Waals surface area contributed by atoms with Crippen LogP contribution in [0.25, 0.3) is 0 Å². The van der Waals surface area contributed by atoms with E-state index in [1.165, 1.54) is 57.1 Å². The SMILES string of the molecule is O=C(O)CCCCSCCC1C2CCC(O2)C1CCOC1CCCC1. The quantitative estimate of drug-likeness (QED) is 0.512. The summed E-state index contributed by atoms with van der Waals surface area (Å²) in [5, 5.41) is 8.66. The highest BCUT2D eigenvalue weighted by Gasteiger charge is 2.47. The second-order valence-electron chi connectivity index (χ2n) is 7.94. The van der Waals surface area contributed by atoms with Gasteiger partial charge in [-0.1, -0.05) is 12.8 Å². The molecule has 0 spiro atoms. The third-order valence-electron chi connectivity index (χ3n) is 6.22. The summed E-state index contributed by atoms with van der Waals surface area (Å²) in [6, 6.07) is 0. The number of thioether (sulfide) groups is 1. The summed E-state index contributed by atoms with van der Waals surface area (Å²) < 4.78 is 12.3. The summed E-state index contributed by atoms with van der Waals surface area (Å²) >= 11 is 1.99. The Labute approximate surface area is 156 Å². The fourth-order valence-corrected chi connectivity index (χ4v) is 5.95. The predicted molar refractivity (Wildman–Crippen MR) is 101 cm³/mol. The molecular weight excluding hydrogens is 336 g/mol. The molecule has 0 aromatic heterocycles. The number of hydrogen-bond acceptors (Lipinski definition) is 4.